The summed E-state index contributed by atoms with van der Waals surface area (Å²) in [5, 5.41) is 0. The number of carbonyl (C=O) groups is 2. The molecule has 0 fully saturated rings. The number of hydrogen-bond donors (Lipinski definition) is 1. The van der Waals surface area contributed by atoms with Crippen molar-refractivity contribution >= 4 is 77.5 Å². The van der Waals surface area contributed by atoms with Crippen molar-refractivity contribution in [2.24, 2.45) is 0 Å². The predicted octanol–water partition coefficient (Wildman–Crippen LogP) is 5.33. The van der Waals surface area contributed by atoms with Crippen LogP contribution in [-0.4, -0.2) is 118 Å². The van der Waals surface area contributed by atoms with Crippen molar-refractivity contribution in [3.8, 4) is 0 Å². The number of nitrogens with zero attached hydrogens (tertiary/aromatic N) is 3. The topological polar surface area (TPSA) is 118 Å². The molecule has 0 bridgehead atoms. The average molecular weight is 731 g/mol. The van der Waals surface area contributed by atoms with Crippen molar-refractivity contribution in [1.82, 2.24) is 4.90 Å². The third kappa shape index (κ3) is 14.7. The van der Waals surface area contributed by atoms with Crippen LogP contribution in [0.15, 0.2) is 48.5 Å². The molecule has 0 heterocycles. The van der Waals surface area contributed by atoms with Gasteiger partial charge in [-0.2, -0.15) is 0 Å². The molecule has 1 atom stereocenters. The quantitative estimate of drug-likeness (QED) is 0.0963. The fraction of sp³-hybridized carbons (Fsp3) is 0.517. The van der Waals surface area contributed by atoms with Gasteiger partial charge in [-0.1, -0.05) is 0 Å². The lowest BCUT2D eigenvalue weighted by Crippen LogP contribution is -2.29. The minimum absolute atomic E-state index is 0.0965. The van der Waals surface area contributed by atoms with Crippen molar-refractivity contribution in [2.45, 2.75) is 6.10 Å². The zero-order chi connectivity index (χ0) is 33.2. The molecular weight excluding hydrogens is 691 g/mol. The van der Waals surface area contributed by atoms with E-state index in [0.717, 1.165) is 11.4 Å². The standard InChI is InChI=1S/C29H40Cl4N3O8P/c1-34(2)19-20-43-45(39,40)44-27(21-41-28(37)23-3-7-25(8-4-23)35(15-11-30)16-12-31)22-42-29(38)24-5-9-26(10-6-24)36(17-13-32)18-14-33/h3-10,27H,11-22H2,1-2H3,(H,39,40). The van der Waals surface area contributed by atoms with Gasteiger partial charge in [0.25, 0.3) is 0 Å². The van der Waals surface area contributed by atoms with Gasteiger partial charge in [0.15, 0.2) is 0 Å². The molecule has 0 spiro atoms. The Bertz CT molecular complexity index is 1120. The molecular formula is C29H40Cl4N3O8P. The van der Waals surface area contributed by atoms with Crippen molar-refractivity contribution in [2.75, 3.05) is 100.0 Å². The lowest BCUT2D eigenvalue weighted by molar-refractivity contribution is -0.00907. The molecule has 2 aromatic carbocycles. The Morgan fingerprint density at radius 3 is 1.42 bits per heavy atom. The molecule has 0 radical (unpaired) electrons. The zero-order valence-corrected chi connectivity index (χ0v) is 29.2. The number of ether oxygens (including phenoxy) is 2. The van der Waals surface area contributed by atoms with Crippen molar-refractivity contribution in [1.29, 1.82) is 0 Å². The van der Waals surface area contributed by atoms with Gasteiger partial charge in [0.05, 0.1) is 17.7 Å². The summed E-state index contributed by atoms with van der Waals surface area (Å²) in [5.74, 6) is 0.220. The molecule has 0 aromatic heterocycles. The molecule has 45 heavy (non-hydrogen) atoms. The van der Waals surface area contributed by atoms with Gasteiger partial charge in [-0.25, -0.2) is 14.2 Å². The van der Waals surface area contributed by atoms with Crippen molar-refractivity contribution < 1.29 is 37.6 Å². The molecule has 0 amide bonds. The molecule has 0 aliphatic heterocycles. The first-order chi connectivity index (χ1) is 21.5. The number of alkyl halides is 4. The first kappa shape index (κ1) is 39.4. The zero-order valence-electron chi connectivity index (χ0n) is 25.3. The van der Waals surface area contributed by atoms with E-state index in [0.29, 0.717) is 56.2 Å². The van der Waals surface area contributed by atoms with Crippen molar-refractivity contribution in [3.63, 3.8) is 0 Å². The number of carbonyl (C=O) groups excluding carboxylic acids is 2. The number of phosphoric acid groups is 1. The monoisotopic (exact) mass is 729 g/mol. The highest BCUT2D eigenvalue weighted by Gasteiger charge is 2.29. The van der Waals surface area contributed by atoms with Crippen LogP contribution in [0.1, 0.15) is 20.7 Å². The highest BCUT2D eigenvalue weighted by atomic mass is 35.5. The van der Waals surface area contributed by atoms with Gasteiger partial charge in [-0.3, -0.25) is 9.05 Å². The number of benzene rings is 2. The normalized spacial score (nSPS) is 12.6. The second-order valence-electron chi connectivity index (χ2n) is 9.85. The van der Waals surface area contributed by atoms with Crippen LogP contribution in [-0.2, 0) is 23.1 Å². The molecule has 0 aliphatic rings. The summed E-state index contributed by atoms with van der Waals surface area (Å²) in [5.41, 5.74) is 2.13. The molecule has 16 heteroatoms. The van der Waals surface area contributed by atoms with Crippen LogP contribution < -0.4 is 9.80 Å². The molecule has 0 aliphatic carbocycles. The summed E-state index contributed by atoms with van der Waals surface area (Å²) in [7, 11) is -1.05. The van der Waals surface area contributed by atoms with Crippen LogP contribution >= 0.6 is 54.2 Å². The van der Waals surface area contributed by atoms with Gasteiger partial charge >= 0.3 is 19.8 Å². The highest BCUT2D eigenvalue weighted by molar-refractivity contribution is 7.47. The minimum atomic E-state index is -4.59. The molecule has 0 saturated carbocycles. The van der Waals surface area contributed by atoms with Gasteiger partial charge in [-0.05, 0) is 62.6 Å². The summed E-state index contributed by atoms with van der Waals surface area (Å²) < 4.78 is 33.6. The Kier molecular flexibility index (Phi) is 18.5. The van der Waals surface area contributed by atoms with Gasteiger partial charge < -0.3 is 29.1 Å². The maximum Gasteiger partial charge on any atom is 0.472 e. The largest absolute Gasteiger partial charge is 0.472 e. The van der Waals surface area contributed by atoms with Gasteiger partial charge in [0.1, 0.15) is 19.3 Å². The third-order valence-electron chi connectivity index (χ3n) is 6.23. The molecule has 1 unspecified atom stereocenters. The van der Waals surface area contributed by atoms with E-state index in [-0.39, 0.29) is 17.7 Å². The Labute approximate surface area is 284 Å². The second kappa shape index (κ2) is 21.2. The summed E-state index contributed by atoms with van der Waals surface area (Å²) in [4.78, 5) is 41.6. The maximum absolute atomic E-state index is 12.8. The molecule has 11 nitrogen and oxygen atoms in total. The van der Waals surface area contributed by atoms with Gasteiger partial charge in [0.2, 0.25) is 0 Å². The van der Waals surface area contributed by atoms with Gasteiger partial charge in [0, 0.05) is 67.6 Å². The number of phosphoric ester groups is 1. The van der Waals surface area contributed by atoms with Crippen LogP contribution in [0.4, 0.5) is 11.4 Å². The van der Waals surface area contributed by atoms with Crippen LogP contribution in [0.5, 0.6) is 0 Å². The highest BCUT2D eigenvalue weighted by Crippen LogP contribution is 2.44. The maximum atomic E-state index is 12.8. The number of anilines is 2. The van der Waals surface area contributed by atoms with Crippen LogP contribution in [0.2, 0.25) is 0 Å². The minimum Gasteiger partial charge on any atom is -0.459 e. The second-order valence-corrected chi connectivity index (χ2v) is 12.8. The van der Waals surface area contributed by atoms with E-state index in [2.05, 4.69) is 0 Å². The number of likely N-dealkylation sites (N-methyl/N-ethyl adjacent to an activating group) is 1. The smallest absolute Gasteiger partial charge is 0.459 e. The lowest BCUT2D eigenvalue weighted by Gasteiger charge is -2.23. The Morgan fingerprint density at radius 2 is 1.09 bits per heavy atom. The molecule has 1 N–H and O–H groups in total. The summed E-state index contributed by atoms with van der Waals surface area (Å²) in [6.45, 7) is 1.60. The average Bonchev–Trinajstić information content (AvgIpc) is 3.01. The van der Waals surface area contributed by atoms with Gasteiger partial charge in [-0.15, -0.1) is 46.4 Å². The number of rotatable bonds is 22. The number of halogens is 4. The first-order valence-electron chi connectivity index (χ1n) is 14.1. The SMILES string of the molecule is CN(C)CCOP(=O)(O)OC(COC(=O)c1ccc(N(CCCl)CCCl)cc1)COC(=O)c1ccc(N(CCCl)CCCl)cc1. The third-order valence-corrected chi connectivity index (χ3v) is 7.98. The van der Waals surface area contributed by atoms with Crippen LogP contribution in [0.25, 0.3) is 0 Å². The molecule has 252 valence electrons. The fourth-order valence-electron chi connectivity index (χ4n) is 3.94. The van der Waals surface area contributed by atoms with E-state index in [4.69, 9.17) is 64.9 Å². The Morgan fingerprint density at radius 1 is 0.711 bits per heavy atom. The molecule has 2 rings (SSSR count). The van der Waals surface area contributed by atoms with E-state index >= 15 is 0 Å². The van der Waals surface area contributed by atoms with E-state index < -0.39 is 39.1 Å². The predicted molar refractivity (Wildman–Crippen MR) is 180 cm³/mol. The van der Waals surface area contributed by atoms with Crippen molar-refractivity contribution in [3.05, 3.63) is 59.7 Å². The van der Waals surface area contributed by atoms with E-state index in [1.165, 1.54) is 0 Å². The molecule has 0 saturated heterocycles. The first-order valence-corrected chi connectivity index (χ1v) is 17.8. The fourth-order valence-corrected chi connectivity index (χ4v) is 5.62. The Hall–Kier alpha value is -1.79. The van der Waals surface area contributed by atoms with Crippen LogP contribution in [0, 0.1) is 0 Å². The molecule has 2 aromatic rings. The summed E-state index contributed by atoms with van der Waals surface area (Å²) >= 11 is 23.5. The summed E-state index contributed by atoms with van der Waals surface area (Å²) in [6.07, 6.45) is -1.31. The lowest BCUT2D eigenvalue weighted by atomic mass is 10.2. The van der Waals surface area contributed by atoms with E-state index in [1.54, 1.807) is 67.5 Å². The number of esters is 2. The number of hydrogen-bond acceptors (Lipinski definition) is 10. The Balaban J connectivity index is 2.09. The van der Waals surface area contributed by atoms with E-state index in [1.807, 2.05) is 9.80 Å². The van der Waals surface area contributed by atoms with Crippen LogP contribution in [0.3, 0.4) is 0 Å². The summed E-state index contributed by atoms with van der Waals surface area (Å²) in [6, 6.07) is 13.3. The van der Waals surface area contributed by atoms with E-state index in [9.17, 15) is 19.0 Å².